The van der Waals surface area contributed by atoms with E-state index >= 15 is 4.39 Å². The molecule has 0 bridgehead atoms. The summed E-state index contributed by atoms with van der Waals surface area (Å²) in [6.07, 6.45) is 1.88. The van der Waals surface area contributed by atoms with E-state index in [0.29, 0.717) is 40.2 Å². The van der Waals surface area contributed by atoms with Crippen LogP contribution < -0.4 is 59.5 Å². The molecule has 3 aromatic carbocycles. The molecule has 5 rings (SSSR count). The number of nitrogens with zero attached hydrogens (tertiary/aromatic N) is 1. The van der Waals surface area contributed by atoms with Crippen LogP contribution in [0.1, 0.15) is 19.3 Å². The fraction of sp³-hybridized carbons (Fsp3) is 0.200. The first kappa shape index (κ1) is 32.0. The largest absolute Gasteiger partial charge is 1.00 e. The fourth-order valence-corrected chi connectivity index (χ4v) is 4.45. The van der Waals surface area contributed by atoms with Gasteiger partial charge in [-0.2, -0.15) is 0 Å². The minimum Gasteiger partial charge on any atom is -0.550 e. The molecule has 43 heavy (non-hydrogen) atoms. The van der Waals surface area contributed by atoms with Gasteiger partial charge < -0.3 is 34.7 Å². The van der Waals surface area contributed by atoms with Crippen LogP contribution in [-0.4, -0.2) is 36.5 Å². The maximum atomic E-state index is 15.1. The van der Waals surface area contributed by atoms with E-state index in [1.807, 2.05) is 0 Å². The van der Waals surface area contributed by atoms with Crippen molar-refractivity contribution < 1.29 is 67.6 Å². The number of carbonyl (C=O) groups is 3. The van der Waals surface area contributed by atoms with Gasteiger partial charge in [-0.15, -0.1) is 0 Å². The molecule has 1 aliphatic rings. The molecule has 0 radical (unpaired) electrons. The molecule has 13 heteroatoms. The minimum absolute atomic E-state index is 0. The molecule has 216 valence electrons. The van der Waals surface area contributed by atoms with E-state index in [9.17, 15) is 19.5 Å². The number of aromatic nitrogens is 1. The van der Waals surface area contributed by atoms with Crippen LogP contribution in [0.2, 0.25) is 5.02 Å². The van der Waals surface area contributed by atoms with E-state index in [2.05, 4.69) is 15.6 Å². The number of nitrogens with one attached hydrogen (secondary N) is 2. The minimum atomic E-state index is -1.25. The molecule has 1 aromatic heterocycles. The van der Waals surface area contributed by atoms with E-state index in [-0.39, 0.29) is 65.5 Å². The fourth-order valence-electron chi connectivity index (χ4n) is 4.26. The van der Waals surface area contributed by atoms with Crippen molar-refractivity contribution in [1.29, 1.82) is 0 Å². The number of ether oxygens (including phenoxy) is 3. The second-order valence-electron chi connectivity index (χ2n) is 9.55. The first-order valence-electron chi connectivity index (χ1n) is 12.8. The van der Waals surface area contributed by atoms with Gasteiger partial charge in [0.25, 0.3) is 0 Å². The average Bonchev–Trinajstić information content (AvgIpc) is 3.77. The van der Waals surface area contributed by atoms with Crippen LogP contribution in [0.4, 0.5) is 15.8 Å². The van der Waals surface area contributed by atoms with Crippen molar-refractivity contribution in [3.63, 3.8) is 0 Å². The first-order chi connectivity index (χ1) is 20.2. The number of carbonyl (C=O) groups excluding carboxylic acids is 3. The first-order valence-corrected chi connectivity index (χ1v) is 13.2. The number of pyridine rings is 1. The molecule has 1 saturated carbocycles. The van der Waals surface area contributed by atoms with Gasteiger partial charge in [0.05, 0.1) is 19.2 Å². The number of carboxylic acids is 1. The van der Waals surface area contributed by atoms with Gasteiger partial charge in [-0.3, -0.25) is 14.6 Å². The smallest absolute Gasteiger partial charge is 0.550 e. The third kappa shape index (κ3) is 7.37. The zero-order chi connectivity index (χ0) is 29.9. The van der Waals surface area contributed by atoms with Crippen LogP contribution in [0.15, 0.2) is 66.9 Å². The molecule has 1 heterocycles. The Hall–Kier alpha value is -3.90. The number of methoxy groups -OCH3 is 1. The Bertz CT molecular complexity index is 1700. The predicted octanol–water partition coefficient (Wildman–Crippen LogP) is 1.71. The summed E-state index contributed by atoms with van der Waals surface area (Å²) in [6, 6.07) is 15.2. The Kier molecular flexibility index (Phi) is 10.1. The summed E-state index contributed by atoms with van der Waals surface area (Å²) in [6.45, 7) is -0.123. The summed E-state index contributed by atoms with van der Waals surface area (Å²) in [5, 5.41) is 17.0. The van der Waals surface area contributed by atoms with Crippen molar-refractivity contribution in [2.75, 3.05) is 24.4 Å². The van der Waals surface area contributed by atoms with Gasteiger partial charge >= 0.3 is 29.6 Å². The van der Waals surface area contributed by atoms with Gasteiger partial charge in [-0.05, 0) is 55.3 Å². The van der Waals surface area contributed by atoms with Gasteiger partial charge in [0.2, 0.25) is 11.8 Å². The monoisotopic (exact) mass is 615 g/mol. The van der Waals surface area contributed by atoms with Crippen molar-refractivity contribution in [1.82, 2.24) is 4.98 Å². The number of rotatable bonds is 11. The summed E-state index contributed by atoms with van der Waals surface area (Å²) in [7, 11) is 1.42. The number of benzene rings is 3. The zero-order valence-corrected chi connectivity index (χ0v) is 26.0. The second kappa shape index (κ2) is 13.6. The van der Waals surface area contributed by atoms with E-state index in [4.69, 9.17) is 25.8 Å². The van der Waals surface area contributed by atoms with Crippen LogP contribution in [0.5, 0.6) is 23.0 Å². The molecule has 0 aliphatic heterocycles. The number of anilines is 2. The Morgan fingerprint density at radius 2 is 1.67 bits per heavy atom. The second-order valence-corrected chi connectivity index (χ2v) is 9.98. The SMILES string of the molecule is COc1cc2c(Oc3ccc(NC(=O)C4(C(=O)Nc5cccc(Cl)c5)CC4)cc3F)ccnc2cc1OCCC(=O)[O-].[Na+]. The summed E-state index contributed by atoms with van der Waals surface area (Å²) in [5.41, 5.74) is -0.186. The third-order valence-electron chi connectivity index (χ3n) is 6.66. The summed E-state index contributed by atoms with van der Waals surface area (Å²) in [5.74, 6) is -2.28. The average molecular weight is 616 g/mol. The number of aliphatic carboxylic acids is 1. The van der Waals surface area contributed by atoms with Crippen molar-refractivity contribution in [3.8, 4) is 23.0 Å². The van der Waals surface area contributed by atoms with Crippen LogP contribution >= 0.6 is 11.6 Å². The topological polar surface area (TPSA) is 139 Å². The molecule has 0 unspecified atom stereocenters. The standard InChI is InChI=1S/C30H25ClFN3O7.Na/c1-40-25-15-20-22(16-26(25)41-12-8-27(36)37)33-11-7-23(20)42-24-6-5-19(14-21(24)32)35-29(39)30(9-10-30)28(38)34-18-4-2-3-17(31)13-18;/h2-7,11,13-16H,8-10,12H2,1H3,(H,34,38)(H,35,39)(H,36,37);/q;+1/p-1. The van der Waals surface area contributed by atoms with Gasteiger partial charge in [-0.25, -0.2) is 4.39 Å². The van der Waals surface area contributed by atoms with E-state index in [1.165, 1.54) is 25.4 Å². The van der Waals surface area contributed by atoms with E-state index in [0.717, 1.165) is 6.07 Å². The summed E-state index contributed by atoms with van der Waals surface area (Å²) >= 11 is 5.97. The molecule has 0 spiro atoms. The van der Waals surface area contributed by atoms with Crippen LogP contribution in [0.25, 0.3) is 10.9 Å². The van der Waals surface area contributed by atoms with E-state index in [1.54, 1.807) is 42.5 Å². The molecule has 4 aromatic rings. The Balaban J connectivity index is 0.00000423. The Morgan fingerprint density at radius 1 is 0.953 bits per heavy atom. The quantitative estimate of drug-likeness (QED) is 0.192. The maximum Gasteiger partial charge on any atom is 1.00 e. The summed E-state index contributed by atoms with van der Waals surface area (Å²) in [4.78, 5) is 40.8. The number of amides is 2. The van der Waals surface area contributed by atoms with Gasteiger partial charge in [0.15, 0.2) is 23.1 Å². The predicted molar refractivity (Wildman–Crippen MR) is 150 cm³/mol. The molecule has 2 amide bonds. The molecular formula is C30H24ClFN3NaO7. The number of fused-ring (bicyclic) bond motifs is 1. The Morgan fingerprint density at radius 3 is 2.30 bits per heavy atom. The molecule has 0 saturated heterocycles. The number of hydrogen-bond donors (Lipinski definition) is 2. The van der Waals surface area contributed by atoms with Crippen LogP contribution in [-0.2, 0) is 14.4 Å². The normalized spacial score (nSPS) is 12.9. The molecule has 0 atom stereocenters. The van der Waals surface area contributed by atoms with Crippen molar-refractivity contribution >= 4 is 51.7 Å². The van der Waals surface area contributed by atoms with Crippen molar-refractivity contribution in [3.05, 3.63) is 77.7 Å². The molecular weight excluding hydrogens is 592 g/mol. The van der Waals surface area contributed by atoms with E-state index < -0.39 is 29.0 Å². The molecule has 1 fully saturated rings. The maximum absolute atomic E-state index is 15.1. The van der Waals surface area contributed by atoms with Gasteiger partial charge in [-0.1, -0.05) is 17.7 Å². The van der Waals surface area contributed by atoms with Crippen LogP contribution in [0, 0.1) is 11.2 Å². The molecule has 1 aliphatic carbocycles. The zero-order valence-electron chi connectivity index (χ0n) is 23.2. The summed E-state index contributed by atoms with van der Waals surface area (Å²) < 4.78 is 31.8. The van der Waals surface area contributed by atoms with Crippen molar-refractivity contribution in [2.45, 2.75) is 19.3 Å². The number of halogens is 2. The van der Waals surface area contributed by atoms with Gasteiger partial charge in [0.1, 0.15) is 11.2 Å². The molecule has 10 nitrogen and oxygen atoms in total. The molecule has 2 N–H and O–H groups in total. The van der Waals surface area contributed by atoms with Gasteiger partial charge in [0, 0.05) is 52.5 Å². The number of carboxylic acid groups (broad SMARTS) is 1. The number of hydrogen-bond acceptors (Lipinski definition) is 8. The van der Waals surface area contributed by atoms with Crippen molar-refractivity contribution in [2.24, 2.45) is 5.41 Å². The third-order valence-corrected chi connectivity index (χ3v) is 6.90. The Labute approximate surface area is 272 Å². The van der Waals surface area contributed by atoms with Crippen LogP contribution in [0.3, 0.4) is 0 Å².